The van der Waals surface area contributed by atoms with E-state index in [1.54, 1.807) is 13.1 Å². The molecule has 0 fully saturated rings. The molecule has 1 aromatic carbocycles. The summed E-state index contributed by atoms with van der Waals surface area (Å²) < 4.78 is 1.81. The smallest absolute Gasteiger partial charge is 0.314 e. The van der Waals surface area contributed by atoms with Gasteiger partial charge in [-0.25, -0.2) is 9.48 Å². The number of carbonyl (C=O) groups excluding carboxylic acids is 1. The van der Waals surface area contributed by atoms with Gasteiger partial charge in [0, 0.05) is 25.5 Å². The normalized spacial score (nSPS) is 12.6. The Bertz CT molecular complexity index is 649. The van der Waals surface area contributed by atoms with Gasteiger partial charge < -0.3 is 15.7 Å². The van der Waals surface area contributed by atoms with Crippen molar-refractivity contribution in [2.24, 2.45) is 5.41 Å². The highest BCUT2D eigenvalue weighted by atomic mass is 16.3. The van der Waals surface area contributed by atoms with E-state index in [4.69, 9.17) is 0 Å². The Kier molecular flexibility index (Phi) is 6.58. The molecule has 2 amide bonds. The number of urea groups is 1. The van der Waals surface area contributed by atoms with Gasteiger partial charge in [-0.2, -0.15) is 5.10 Å². The molecule has 0 saturated heterocycles. The Balaban J connectivity index is 1.70. The van der Waals surface area contributed by atoms with E-state index in [9.17, 15) is 9.90 Å². The monoisotopic (exact) mass is 344 g/mol. The van der Waals surface area contributed by atoms with Crippen molar-refractivity contribution in [3.63, 3.8) is 0 Å². The van der Waals surface area contributed by atoms with Crippen LogP contribution in [-0.2, 0) is 6.42 Å². The highest BCUT2D eigenvalue weighted by Crippen LogP contribution is 2.20. The molecule has 2 rings (SSSR count). The predicted molar refractivity (Wildman–Crippen MR) is 98.7 cm³/mol. The van der Waals surface area contributed by atoms with E-state index in [1.165, 1.54) is 0 Å². The second-order valence-corrected chi connectivity index (χ2v) is 7.19. The minimum Gasteiger partial charge on any atom is -0.393 e. The first-order valence-corrected chi connectivity index (χ1v) is 8.64. The van der Waals surface area contributed by atoms with Gasteiger partial charge in [0.15, 0.2) is 0 Å². The first-order valence-electron chi connectivity index (χ1n) is 8.64. The van der Waals surface area contributed by atoms with E-state index in [-0.39, 0.29) is 17.6 Å². The van der Waals surface area contributed by atoms with Crippen molar-refractivity contribution in [3.05, 3.63) is 48.3 Å². The molecule has 25 heavy (non-hydrogen) atoms. The highest BCUT2D eigenvalue weighted by Gasteiger charge is 2.20. The number of carbonyl (C=O) groups is 1. The van der Waals surface area contributed by atoms with Gasteiger partial charge in [0.25, 0.3) is 0 Å². The largest absolute Gasteiger partial charge is 0.393 e. The SMILES string of the molecule is CC(O)CC(C)(C)CNC(=O)NCCc1ccc(-n2cccn2)cc1. The summed E-state index contributed by atoms with van der Waals surface area (Å²) in [5, 5.41) is 19.4. The molecule has 2 aromatic rings. The van der Waals surface area contributed by atoms with Crippen LogP contribution < -0.4 is 10.6 Å². The molecule has 0 radical (unpaired) electrons. The topological polar surface area (TPSA) is 79.2 Å². The number of hydrogen-bond donors (Lipinski definition) is 3. The Morgan fingerprint density at radius 1 is 1.28 bits per heavy atom. The second kappa shape index (κ2) is 8.67. The number of benzene rings is 1. The summed E-state index contributed by atoms with van der Waals surface area (Å²) in [5.74, 6) is 0. The lowest BCUT2D eigenvalue weighted by atomic mass is 9.87. The van der Waals surface area contributed by atoms with Gasteiger partial charge in [-0.15, -0.1) is 0 Å². The quantitative estimate of drug-likeness (QED) is 0.688. The summed E-state index contributed by atoms with van der Waals surface area (Å²) in [4.78, 5) is 11.9. The zero-order chi connectivity index (χ0) is 18.3. The zero-order valence-electron chi connectivity index (χ0n) is 15.2. The number of aliphatic hydroxyl groups is 1. The molecule has 6 heteroatoms. The molecule has 6 nitrogen and oxygen atoms in total. The van der Waals surface area contributed by atoms with Crippen LogP contribution in [0.15, 0.2) is 42.7 Å². The summed E-state index contributed by atoms with van der Waals surface area (Å²) in [6, 6.07) is 9.83. The minimum absolute atomic E-state index is 0.131. The van der Waals surface area contributed by atoms with Gasteiger partial charge in [-0.05, 0) is 48.9 Å². The molecule has 0 spiro atoms. The molecule has 0 aliphatic rings. The molecule has 0 saturated carbocycles. The van der Waals surface area contributed by atoms with Crippen LogP contribution in [0.1, 0.15) is 32.8 Å². The second-order valence-electron chi connectivity index (χ2n) is 7.19. The number of hydrogen-bond acceptors (Lipinski definition) is 3. The maximum atomic E-state index is 11.9. The first kappa shape index (κ1) is 19.0. The molecule has 1 atom stereocenters. The standard InChI is InChI=1S/C19H28N4O2/c1-15(24)13-19(2,3)14-21-18(25)20-11-9-16-5-7-17(8-6-16)23-12-4-10-22-23/h4-8,10,12,15,24H,9,11,13-14H2,1-3H3,(H2,20,21,25). The average molecular weight is 344 g/mol. The molecule has 0 bridgehead atoms. The van der Waals surface area contributed by atoms with E-state index in [0.717, 1.165) is 17.7 Å². The Morgan fingerprint density at radius 3 is 2.60 bits per heavy atom. The third-order valence-electron chi connectivity index (χ3n) is 3.98. The summed E-state index contributed by atoms with van der Waals surface area (Å²) in [7, 11) is 0. The van der Waals surface area contributed by atoms with Crippen LogP contribution in [0.25, 0.3) is 5.69 Å². The molecule has 136 valence electrons. The number of aromatic nitrogens is 2. The molecule has 1 aromatic heterocycles. The molecule has 1 heterocycles. The molecular formula is C19H28N4O2. The lowest BCUT2D eigenvalue weighted by molar-refractivity contribution is 0.129. The van der Waals surface area contributed by atoms with Crippen molar-refractivity contribution in [1.82, 2.24) is 20.4 Å². The van der Waals surface area contributed by atoms with Crippen molar-refractivity contribution >= 4 is 6.03 Å². The number of nitrogens with one attached hydrogen (secondary N) is 2. The fourth-order valence-electron chi connectivity index (χ4n) is 2.81. The van der Waals surface area contributed by atoms with Crippen molar-refractivity contribution < 1.29 is 9.90 Å². The molecule has 3 N–H and O–H groups in total. The highest BCUT2D eigenvalue weighted by molar-refractivity contribution is 5.73. The molecular weight excluding hydrogens is 316 g/mol. The van der Waals surface area contributed by atoms with Gasteiger partial charge in [0.05, 0.1) is 11.8 Å². The Morgan fingerprint density at radius 2 is 2.00 bits per heavy atom. The number of amides is 2. The van der Waals surface area contributed by atoms with Crippen LogP contribution in [-0.4, -0.2) is 40.1 Å². The number of aliphatic hydroxyl groups excluding tert-OH is 1. The number of nitrogens with zero attached hydrogens (tertiary/aromatic N) is 2. The first-order chi connectivity index (χ1) is 11.9. The lowest BCUT2D eigenvalue weighted by Gasteiger charge is -2.26. The van der Waals surface area contributed by atoms with Crippen LogP contribution in [0.4, 0.5) is 4.79 Å². The van der Waals surface area contributed by atoms with Gasteiger partial charge in [0.2, 0.25) is 0 Å². The maximum Gasteiger partial charge on any atom is 0.314 e. The third-order valence-corrected chi connectivity index (χ3v) is 3.98. The summed E-state index contributed by atoms with van der Waals surface area (Å²) in [5.41, 5.74) is 2.04. The third kappa shape index (κ3) is 6.58. The van der Waals surface area contributed by atoms with Crippen LogP contribution >= 0.6 is 0 Å². The average Bonchev–Trinajstić information content (AvgIpc) is 3.07. The van der Waals surface area contributed by atoms with Crippen LogP contribution in [0.2, 0.25) is 0 Å². The number of rotatable bonds is 8. The molecule has 0 aliphatic heterocycles. The van der Waals surface area contributed by atoms with Gasteiger partial charge in [-0.3, -0.25) is 0 Å². The van der Waals surface area contributed by atoms with Crippen LogP contribution in [0, 0.1) is 5.41 Å². The van der Waals surface area contributed by atoms with E-state index in [1.807, 2.05) is 55.1 Å². The van der Waals surface area contributed by atoms with E-state index in [2.05, 4.69) is 15.7 Å². The van der Waals surface area contributed by atoms with Gasteiger partial charge >= 0.3 is 6.03 Å². The van der Waals surface area contributed by atoms with Crippen LogP contribution in [0.3, 0.4) is 0 Å². The Labute approximate surface area is 149 Å². The van der Waals surface area contributed by atoms with E-state index in [0.29, 0.717) is 19.5 Å². The van der Waals surface area contributed by atoms with Crippen molar-refractivity contribution in [2.45, 2.75) is 39.7 Å². The van der Waals surface area contributed by atoms with Gasteiger partial charge in [0.1, 0.15) is 0 Å². The van der Waals surface area contributed by atoms with E-state index < -0.39 is 0 Å². The fraction of sp³-hybridized carbons (Fsp3) is 0.474. The summed E-state index contributed by atoms with van der Waals surface area (Å²) >= 11 is 0. The zero-order valence-corrected chi connectivity index (χ0v) is 15.2. The molecule has 1 unspecified atom stereocenters. The van der Waals surface area contributed by atoms with Crippen LogP contribution in [0.5, 0.6) is 0 Å². The summed E-state index contributed by atoms with van der Waals surface area (Å²) in [6.07, 6.45) is 4.70. The maximum absolute atomic E-state index is 11.9. The Hall–Kier alpha value is -2.34. The van der Waals surface area contributed by atoms with Crippen molar-refractivity contribution in [1.29, 1.82) is 0 Å². The van der Waals surface area contributed by atoms with Crippen molar-refractivity contribution in [3.8, 4) is 5.69 Å². The fourth-order valence-corrected chi connectivity index (χ4v) is 2.81. The van der Waals surface area contributed by atoms with Crippen molar-refractivity contribution in [2.75, 3.05) is 13.1 Å². The minimum atomic E-state index is -0.371. The molecule has 0 aliphatic carbocycles. The summed E-state index contributed by atoms with van der Waals surface area (Å²) in [6.45, 7) is 6.92. The van der Waals surface area contributed by atoms with E-state index >= 15 is 0 Å². The van der Waals surface area contributed by atoms with Gasteiger partial charge in [-0.1, -0.05) is 26.0 Å². The predicted octanol–water partition coefficient (Wildman–Crippen LogP) is 2.51. The lowest BCUT2D eigenvalue weighted by Crippen LogP contribution is -2.42.